The van der Waals surface area contributed by atoms with Crippen molar-refractivity contribution in [2.75, 3.05) is 20.6 Å². The van der Waals surface area contributed by atoms with E-state index in [0.29, 0.717) is 5.56 Å². The summed E-state index contributed by atoms with van der Waals surface area (Å²) in [5.41, 5.74) is 7.21. The van der Waals surface area contributed by atoms with Crippen molar-refractivity contribution in [3.8, 4) is 0 Å². The van der Waals surface area contributed by atoms with E-state index in [4.69, 9.17) is 5.73 Å². The van der Waals surface area contributed by atoms with Gasteiger partial charge in [0.2, 0.25) is 5.91 Å². The van der Waals surface area contributed by atoms with Crippen LogP contribution in [-0.4, -0.2) is 31.4 Å². The fourth-order valence-corrected chi connectivity index (χ4v) is 2.41. The maximum Gasteiger partial charge on any atom is 0.248 e. The largest absolute Gasteiger partial charge is 0.366 e. The summed E-state index contributed by atoms with van der Waals surface area (Å²) in [5, 5.41) is 2.30. The van der Waals surface area contributed by atoms with Crippen LogP contribution in [-0.2, 0) is 6.42 Å². The Balaban J connectivity index is 2.41. The van der Waals surface area contributed by atoms with Gasteiger partial charge in [-0.05, 0) is 55.9 Å². The Morgan fingerprint density at radius 2 is 1.89 bits per heavy atom. The van der Waals surface area contributed by atoms with Gasteiger partial charge in [-0.2, -0.15) is 0 Å². The van der Waals surface area contributed by atoms with E-state index in [-0.39, 0.29) is 5.91 Å². The first-order chi connectivity index (χ1) is 9.09. The van der Waals surface area contributed by atoms with Crippen molar-refractivity contribution in [2.24, 2.45) is 5.73 Å². The van der Waals surface area contributed by atoms with E-state index in [0.717, 1.165) is 35.7 Å². The highest BCUT2D eigenvalue weighted by Gasteiger charge is 2.11. The van der Waals surface area contributed by atoms with E-state index in [1.165, 1.54) is 0 Å². The van der Waals surface area contributed by atoms with Gasteiger partial charge in [-0.15, -0.1) is 0 Å². The zero-order valence-corrected chi connectivity index (χ0v) is 11.5. The van der Waals surface area contributed by atoms with Gasteiger partial charge in [-0.1, -0.05) is 30.3 Å². The summed E-state index contributed by atoms with van der Waals surface area (Å²) in [6.07, 6.45) is 1.89. The van der Waals surface area contributed by atoms with Crippen LogP contribution in [0.4, 0.5) is 0 Å². The molecule has 3 nitrogen and oxygen atoms in total. The number of amides is 1. The fraction of sp³-hybridized carbons (Fsp3) is 0.312. The van der Waals surface area contributed by atoms with Crippen LogP contribution in [0.15, 0.2) is 36.4 Å². The fourth-order valence-electron chi connectivity index (χ4n) is 2.41. The third-order valence-corrected chi connectivity index (χ3v) is 3.34. The Morgan fingerprint density at radius 1 is 1.16 bits per heavy atom. The molecule has 0 aliphatic carbocycles. The van der Waals surface area contributed by atoms with E-state index in [9.17, 15) is 4.79 Å². The van der Waals surface area contributed by atoms with Gasteiger partial charge < -0.3 is 10.6 Å². The third kappa shape index (κ3) is 3.12. The molecule has 2 aromatic carbocycles. The molecular weight excluding hydrogens is 236 g/mol. The molecule has 0 radical (unpaired) electrons. The first kappa shape index (κ1) is 13.6. The number of rotatable bonds is 5. The van der Waals surface area contributed by atoms with Gasteiger partial charge in [0.05, 0.1) is 0 Å². The normalized spacial score (nSPS) is 11.1. The zero-order valence-electron chi connectivity index (χ0n) is 11.5. The summed E-state index contributed by atoms with van der Waals surface area (Å²) in [4.78, 5) is 13.7. The molecule has 0 fully saturated rings. The maximum atomic E-state index is 11.6. The molecule has 1 amide bonds. The van der Waals surface area contributed by atoms with Crippen LogP contribution >= 0.6 is 0 Å². The van der Waals surface area contributed by atoms with Gasteiger partial charge in [0.25, 0.3) is 0 Å². The first-order valence-electron chi connectivity index (χ1n) is 6.55. The Bertz CT molecular complexity index is 590. The second-order valence-corrected chi connectivity index (χ2v) is 5.08. The molecule has 0 aromatic heterocycles. The molecule has 0 aliphatic rings. The number of nitrogens with two attached hydrogens (primary N) is 1. The van der Waals surface area contributed by atoms with Crippen molar-refractivity contribution >= 4 is 16.7 Å². The molecule has 0 spiro atoms. The van der Waals surface area contributed by atoms with Gasteiger partial charge in [0, 0.05) is 5.56 Å². The molecule has 100 valence electrons. The SMILES string of the molecule is CN(C)CCCc1c(C(N)=O)ccc2ccccc12. The van der Waals surface area contributed by atoms with Crippen LogP contribution in [0.2, 0.25) is 0 Å². The lowest BCUT2D eigenvalue weighted by atomic mass is 9.95. The Hall–Kier alpha value is -1.87. The number of aryl methyl sites for hydroxylation is 1. The molecule has 0 atom stereocenters. The molecule has 2 rings (SSSR count). The van der Waals surface area contributed by atoms with Crippen LogP contribution < -0.4 is 5.73 Å². The molecule has 0 bridgehead atoms. The van der Waals surface area contributed by atoms with Crippen molar-refractivity contribution in [3.05, 3.63) is 47.5 Å². The summed E-state index contributed by atoms with van der Waals surface area (Å²) in [6.45, 7) is 1.00. The molecule has 0 unspecified atom stereocenters. The minimum Gasteiger partial charge on any atom is -0.366 e. The van der Waals surface area contributed by atoms with Crippen molar-refractivity contribution in [3.63, 3.8) is 0 Å². The quantitative estimate of drug-likeness (QED) is 0.893. The standard InChI is InChI=1S/C16H20N2O/c1-18(2)11-5-8-14-13-7-4-3-6-12(13)9-10-15(14)16(17)19/h3-4,6-7,9-10H,5,8,11H2,1-2H3,(H2,17,19). The van der Waals surface area contributed by atoms with Gasteiger partial charge >= 0.3 is 0 Å². The molecule has 0 aliphatic heterocycles. The number of carbonyl (C=O) groups is 1. The topological polar surface area (TPSA) is 46.3 Å². The van der Waals surface area contributed by atoms with Crippen LogP contribution in [0.5, 0.6) is 0 Å². The lowest BCUT2D eigenvalue weighted by Crippen LogP contribution is -2.16. The van der Waals surface area contributed by atoms with Crippen LogP contribution in [0.25, 0.3) is 10.8 Å². The number of hydrogen-bond donors (Lipinski definition) is 1. The van der Waals surface area contributed by atoms with E-state index < -0.39 is 0 Å². The van der Waals surface area contributed by atoms with Crippen molar-refractivity contribution in [1.82, 2.24) is 4.90 Å². The molecule has 0 saturated carbocycles. The summed E-state index contributed by atoms with van der Waals surface area (Å²) in [7, 11) is 4.11. The van der Waals surface area contributed by atoms with E-state index in [2.05, 4.69) is 31.1 Å². The summed E-state index contributed by atoms with van der Waals surface area (Å²) >= 11 is 0. The predicted octanol–water partition coefficient (Wildman–Crippen LogP) is 2.43. The zero-order chi connectivity index (χ0) is 13.8. The highest BCUT2D eigenvalue weighted by atomic mass is 16.1. The minimum absolute atomic E-state index is 0.342. The average molecular weight is 256 g/mol. The average Bonchev–Trinajstić information content (AvgIpc) is 2.38. The molecular formula is C16H20N2O. The van der Waals surface area contributed by atoms with Crippen molar-refractivity contribution in [1.29, 1.82) is 0 Å². The van der Waals surface area contributed by atoms with Crippen molar-refractivity contribution in [2.45, 2.75) is 12.8 Å². The second-order valence-electron chi connectivity index (χ2n) is 5.08. The van der Waals surface area contributed by atoms with Gasteiger partial charge in [0.15, 0.2) is 0 Å². The van der Waals surface area contributed by atoms with Crippen molar-refractivity contribution < 1.29 is 4.79 Å². The monoisotopic (exact) mass is 256 g/mol. The first-order valence-corrected chi connectivity index (χ1v) is 6.55. The van der Waals surface area contributed by atoms with Gasteiger partial charge in [0.1, 0.15) is 0 Å². The molecule has 0 saturated heterocycles. The number of carbonyl (C=O) groups excluding carboxylic acids is 1. The van der Waals surface area contributed by atoms with E-state index in [1.54, 1.807) is 0 Å². The Kier molecular flexibility index (Phi) is 4.17. The summed E-state index contributed by atoms with van der Waals surface area (Å²) in [5.74, 6) is -0.342. The van der Waals surface area contributed by atoms with Gasteiger partial charge in [-0.25, -0.2) is 0 Å². The summed E-state index contributed by atoms with van der Waals surface area (Å²) in [6, 6.07) is 11.9. The molecule has 19 heavy (non-hydrogen) atoms. The number of nitrogens with zero attached hydrogens (tertiary/aromatic N) is 1. The van der Waals surface area contributed by atoms with Crippen LogP contribution in [0.1, 0.15) is 22.3 Å². The number of fused-ring (bicyclic) bond motifs is 1. The van der Waals surface area contributed by atoms with Crippen LogP contribution in [0, 0.1) is 0 Å². The Morgan fingerprint density at radius 3 is 2.58 bits per heavy atom. The number of hydrogen-bond acceptors (Lipinski definition) is 2. The lowest BCUT2D eigenvalue weighted by Gasteiger charge is -2.13. The highest BCUT2D eigenvalue weighted by Crippen LogP contribution is 2.23. The molecule has 2 N–H and O–H groups in total. The lowest BCUT2D eigenvalue weighted by molar-refractivity contribution is 0.0999. The maximum absolute atomic E-state index is 11.6. The smallest absolute Gasteiger partial charge is 0.248 e. The second kappa shape index (κ2) is 5.85. The van der Waals surface area contributed by atoms with E-state index in [1.807, 2.05) is 24.3 Å². The molecule has 2 aromatic rings. The molecule has 0 heterocycles. The number of primary amides is 1. The van der Waals surface area contributed by atoms with E-state index >= 15 is 0 Å². The van der Waals surface area contributed by atoms with Crippen LogP contribution in [0.3, 0.4) is 0 Å². The minimum atomic E-state index is -0.342. The predicted molar refractivity (Wildman–Crippen MR) is 79.3 cm³/mol. The molecule has 3 heteroatoms. The summed E-state index contributed by atoms with van der Waals surface area (Å²) < 4.78 is 0. The third-order valence-electron chi connectivity index (χ3n) is 3.34. The Labute approximate surface area is 114 Å². The number of benzene rings is 2. The highest BCUT2D eigenvalue weighted by molar-refractivity contribution is 6.00. The van der Waals surface area contributed by atoms with Gasteiger partial charge in [-0.3, -0.25) is 4.79 Å².